The van der Waals surface area contributed by atoms with Crippen molar-refractivity contribution in [3.05, 3.63) is 47.3 Å². The summed E-state index contributed by atoms with van der Waals surface area (Å²) in [7, 11) is -3.03. The fraction of sp³-hybridized carbons (Fsp3) is 0.435. The third-order valence-electron chi connectivity index (χ3n) is 5.75. The Morgan fingerprint density at radius 1 is 1.27 bits per heavy atom. The van der Waals surface area contributed by atoms with Gasteiger partial charge in [0.2, 0.25) is 5.78 Å². The van der Waals surface area contributed by atoms with Crippen molar-refractivity contribution in [3.8, 4) is 0 Å². The number of thiazole rings is 1. The number of ketones is 1. The molecular weight excluding hydrogens is 480 g/mol. The highest BCUT2D eigenvalue weighted by Crippen LogP contribution is 2.30. The second-order valence-electron chi connectivity index (χ2n) is 8.20. The Labute approximate surface area is 201 Å². The zero-order valence-corrected chi connectivity index (χ0v) is 21.0. The number of carbonyl (C=O) groups is 2. The van der Waals surface area contributed by atoms with Gasteiger partial charge in [0, 0.05) is 35.2 Å². The number of rotatable bonds is 9. The summed E-state index contributed by atoms with van der Waals surface area (Å²) in [6.07, 6.45) is 1.43. The van der Waals surface area contributed by atoms with Gasteiger partial charge in [0.15, 0.2) is 20.8 Å². The molecule has 1 fully saturated rings. The smallest absolute Gasteiger partial charge is 0.306 e. The summed E-state index contributed by atoms with van der Waals surface area (Å²) < 4.78 is 32.9. The second kappa shape index (κ2) is 9.99. The molecule has 0 bridgehead atoms. The lowest BCUT2D eigenvalue weighted by atomic mass is 10.1. The standard InChI is InChI=1S/C23H26N2O5S3/c1-15-12-18(16(2)25(15)17-9-11-33(28,29)14-17)20(26)13-30-22(27)8-5-10-31-23-24-19-6-3-4-7-21(19)32-23/h3-4,6-7,12,17H,5,8-11,13-14H2,1-2H3. The predicted molar refractivity (Wildman–Crippen MR) is 131 cm³/mol. The first kappa shape index (κ1) is 24.0. The van der Waals surface area contributed by atoms with Gasteiger partial charge in [0.25, 0.3) is 0 Å². The summed E-state index contributed by atoms with van der Waals surface area (Å²) in [5.74, 6) is 0.346. The Hall–Kier alpha value is -2.17. The quantitative estimate of drug-likeness (QED) is 0.184. The van der Waals surface area contributed by atoms with Crippen LogP contribution in [0.4, 0.5) is 0 Å². The van der Waals surface area contributed by atoms with Gasteiger partial charge in [-0.3, -0.25) is 9.59 Å². The van der Waals surface area contributed by atoms with Crippen LogP contribution in [0, 0.1) is 13.8 Å². The van der Waals surface area contributed by atoms with Gasteiger partial charge in [-0.2, -0.15) is 0 Å². The van der Waals surface area contributed by atoms with Gasteiger partial charge in [-0.1, -0.05) is 23.9 Å². The second-order valence-corrected chi connectivity index (χ2v) is 12.8. The van der Waals surface area contributed by atoms with Gasteiger partial charge in [-0.25, -0.2) is 13.4 Å². The molecule has 7 nitrogen and oxygen atoms in total. The third kappa shape index (κ3) is 5.67. The van der Waals surface area contributed by atoms with E-state index in [0.717, 1.165) is 31.7 Å². The van der Waals surface area contributed by atoms with Crippen molar-refractivity contribution in [1.29, 1.82) is 0 Å². The first-order chi connectivity index (χ1) is 15.7. The first-order valence-electron chi connectivity index (χ1n) is 10.8. The predicted octanol–water partition coefficient (Wildman–Crippen LogP) is 4.37. The van der Waals surface area contributed by atoms with Crippen molar-refractivity contribution in [3.63, 3.8) is 0 Å². The number of aromatic nitrogens is 2. The molecular formula is C23H26N2O5S3. The number of hydrogen-bond donors (Lipinski definition) is 0. The van der Waals surface area contributed by atoms with Gasteiger partial charge in [-0.15, -0.1) is 11.3 Å². The Kier molecular flexibility index (Phi) is 7.25. The van der Waals surface area contributed by atoms with E-state index in [2.05, 4.69) is 4.98 Å². The summed E-state index contributed by atoms with van der Waals surface area (Å²) in [5.41, 5.74) is 3.03. The van der Waals surface area contributed by atoms with Crippen LogP contribution in [-0.2, 0) is 19.4 Å². The molecule has 1 saturated heterocycles. The molecule has 0 aliphatic carbocycles. The molecule has 1 unspecified atom stereocenters. The minimum Gasteiger partial charge on any atom is -0.457 e. The lowest BCUT2D eigenvalue weighted by molar-refractivity contribution is -0.142. The van der Waals surface area contributed by atoms with E-state index in [9.17, 15) is 18.0 Å². The SMILES string of the molecule is Cc1cc(C(=O)COC(=O)CCCSc2nc3ccccc3s2)c(C)n1C1CCS(=O)(=O)C1. The number of Topliss-reactive ketones (excluding diaryl/α,β-unsaturated/α-hetero) is 1. The fourth-order valence-corrected chi connectivity index (χ4v) is 7.96. The lowest BCUT2D eigenvalue weighted by Gasteiger charge is -2.16. The van der Waals surface area contributed by atoms with E-state index in [0.29, 0.717) is 18.4 Å². The summed E-state index contributed by atoms with van der Waals surface area (Å²) in [4.78, 5) is 29.3. The van der Waals surface area contributed by atoms with E-state index < -0.39 is 15.8 Å². The maximum atomic E-state index is 12.7. The van der Waals surface area contributed by atoms with Gasteiger partial charge >= 0.3 is 5.97 Å². The summed E-state index contributed by atoms with van der Waals surface area (Å²) in [5, 5.41) is 0. The molecule has 1 aromatic carbocycles. The first-order valence-corrected chi connectivity index (χ1v) is 14.4. The number of ether oxygens (including phenoxy) is 1. The Bertz CT molecular complexity index is 1260. The highest BCUT2D eigenvalue weighted by atomic mass is 32.2. The maximum Gasteiger partial charge on any atom is 0.306 e. The van der Waals surface area contributed by atoms with Crippen molar-refractivity contribution in [2.75, 3.05) is 23.9 Å². The van der Waals surface area contributed by atoms with Gasteiger partial charge < -0.3 is 9.30 Å². The summed E-state index contributed by atoms with van der Waals surface area (Å²) in [6, 6.07) is 9.58. The van der Waals surface area contributed by atoms with Crippen molar-refractivity contribution < 1.29 is 22.7 Å². The molecule has 0 radical (unpaired) electrons. The van der Waals surface area contributed by atoms with Crippen LogP contribution in [0.15, 0.2) is 34.7 Å². The minimum absolute atomic E-state index is 0.0982. The van der Waals surface area contributed by atoms with E-state index in [4.69, 9.17) is 4.74 Å². The number of sulfone groups is 1. The molecule has 0 N–H and O–H groups in total. The number of para-hydroxylation sites is 1. The van der Waals surface area contributed by atoms with Gasteiger partial charge in [-0.05, 0) is 44.9 Å². The fourth-order valence-electron chi connectivity index (χ4n) is 4.19. The van der Waals surface area contributed by atoms with E-state index >= 15 is 0 Å². The number of esters is 1. The average molecular weight is 507 g/mol. The molecule has 0 amide bonds. The van der Waals surface area contributed by atoms with Crippen LogP contribution in [0.1, 0.15) is 47.1 Å². The molecule has 33 heavy (non-hydrogen) atoms. The Morgan fingerprint density at radius 3 is 2.79 bits per heavy atom. The van der Waals surface area contributed by atoms with Gasteiger partial charge in [0.1, 0.15) is 0 Å². The minimum atomic E-state index is -3.03. The number of hydrogen-bond acceptors (Lipinski definition) is 8. The van der Waals surface area contributed by atoms with Crippen molar-refractivity contribution in [2.24, 2.45) is 0 Å². The number of benzene rings is 1. The molecule has 4 rings (SSSR count). The van der Waals surface area contributed by atoms with E-state index in [1.54, 1.807) is 29.2 Å². The van der Waals surface area contributed by atoms with Crippen LogP contribution >= 0.6 is 23.1 Å². The van der Waals surface area contributed by atoms with Crippen molar-refractivity contribution in [1.82, 2.24) is 9.55 Å². The zero-order chi connectivity index (χ0) is 23.6. The van der Waals surface area contributed by atoms with E-state index in [-0.39, 0.29) is 36.4 Å². The van der Waals surface area contributed by atoms with E-state index in [1.807, 2.05) is 42.7 Å². The van der Waals surface area contributed by atoms with Crippen molar-refractivity contribution >= 4 is 54.9 Å². The van der Waals surface area contributed by atoms with Gasteiger partial charge in [0.05, 0.1) is 21.7 Å². The Balaban J connectivity index is 1.24. The highest BCUT2D eigenvalue weighted by Gasteiger charge is 2.31. The molecule has 3 heterocycles. The number of thioether (sulfide) groups is 1. The molecule has 1 aliphatic rings. The van der Waals surface area contributed by atoms with Crippen LogP contribution < -0.4 is 0 Å². The molecule has 3 aromatic rings. The largest absolute Gasteiger partial charge is 0.457 e. The topological polar surface area (TPSA) is 95.3 Å². The number of aryl methyl sites for hydroxylation is 1. The summed E-state index contributed by atoms with van der Waals surface area (Å²) in [6.45, 7) is 3.37. The molecule has 1 aliphatic heterocycles. The highest BCUT2D eigenvalue weighted by molar-refractivity contribution is 8.01. The van der Waals surface area contributed by atoms with Crippen molar-refractivity contribution in [2.45, 2.75) is 43.5 Å². The van der Waals surface area contributed by atoms with E-state index in [1.165, 1.54) is 0 Å². The monoisotopic (exact) mass is 506 g/mol. The number of fused-ring (bicyclic) bond motifs is 1. The molecule has 1 atom stereocenters. The summed E-state index contributed by atoms with van der Waals surface area (Å²) >= 11 is 3.25. The lowest BCUT2D eigenvalue weighted by Crippen LogP contribution is -2.17. The van der Waals surface area contributed by atoms with Crippen LogP contribution in [0.5, 0.6) is 0 Å². The number of carbonyl (C=O) groups excluding carboxylic acids is 2. The molecule has 10 heteroatoms. The normalized spacial score (nSPS) is 17.5. The van der Waals surface area contributed by atoms with Crippen LogP contribution in [0.3, 0.4) is 0 Å². The molecule has 0 spiro atoms. The van der Waals surface area contributed by atoms with Crippen LogP contribution in [-0.4, -0.2) is 53.6 Å². The third-order valence-corrected chi connectivity index (χ3v) is 9.76. The number of nitrogens with zero attached hydrogens (tertiary/aromatic N) is 2. The molecule has 176 valence electrons. The average Bonchev–Trinajstić information content (AvgIpc) is 3.43. The Morgan fingerprint density at radius 2 is 2.06 bits per heavy atom. The molecule has 2 aromatic heterocycles. The van der Waals surface area contributed by atoms with Crippen LogP contribution in [0.2, 0.25) is 0 Å². The van der Waals surface area contributed by atoms with Crippen LogP contribution in [0.25, 0.3) is 10.2 Å². The maximum absolute atomic E-state index is 12.7. The molecule has 0 saturated carbocycles. The zero-order valence-electron chi connectivity index (χ0n) is 18.6.